The first-order valence-electron chi connectivity index (χ1n) is 7.41. The van der Waals surface area contributed by atoms with Crippen LogP contribution in [0.3, 0.4) is 0 Å². The second-order valence-corrected chi connectivity index (χ2v) is 5.51. The first-order chi connectivity index (χ1) is 9.45. The van der Waals surface area contributed by atoms with Crippen molar-refractivity contribution in [2.45, 2.75) is 65.2 Å². The number of nitrogens with two attached hydrogens (primary N) is 1. The minimum absolute atomic E-state index is 0. The molecule has 0 spiro atoms. The first-order valence-corrected chi connectivity index (χ1v) is 8.23. The molecule has 0 aromatic carbocycles. The Balaban J connectivity index is -0.000000572. The van der Waals surface area contributed by atoms with Gasteiger partial charge in [0.15, 0.2) is 0 Å². The Bertz CT molecular complexity index is 241. The number of thiocarbonyl (C=S) groups is 2. The van der Waals surface area contributed by atoms with E-state index in [1.165, 1.54) is 38.5 Å². The molecule has 0 unspecified atom stereocenters. The summed E-state index contributed by atoms with van der Waals surface area (Å²) in [6.45, 7) is 6.25. The predicted molar refractivity (Wildman–Crippen MR) is 102 cm³/mol. The van der Waals surface area contributed by atoms with Crippen molar-refractivity contribution in [1.29, 1.82) is 0 Å². The second-order valence-electron chi connectivity index (χ2n) is 4.73. The fourth-order valence-corrected chi connectivity index (χ4v) is 1.94. The van der Waals surface area contributed by atoms with Crippen LogP contribution in [0.5, 0.6) is 0 Å². The van der Waals surface area contributed by atoms with E-state index in [1.54, 1.807) is 0 Å². The van der Waals surface area contributed by atoms with Gasteiger partial charge in [-0.05, 0) is 37.3 Å². The van der Waals surface area contributed by atoms with Crippen LogP contribution >= 0.6 is 24.4 Å². The fourth-order valence-electron chi connectivity index (χ4n) is 1.76. The van der Waals surface area contributed by atoms with Crippen molar-refractivity contribution in [3.05, 3.63) is 0 Å². The van der Waals surface area contributed by atoms with E-state index in [4.69, 9.17) is 17.3 Å². The maximum atomic E-state index is 9.38. The molecule has 4 nitrogen and oxygen atoms in total. The molecule has 0 aliphatic carbocycles. The van der Waals surface area contributed by atoms with E-state index in [2.05, 4.69) is 31.8 Å². The zero-order chi connectivity index (χ0) is 15.8. The molecule has 0 fully saturated rings. The van der Waals surface area contributed by atoms with Crippen LogP contribution in [0.2, 0.25) is 0 Å². The van der Waals surface area contributed by atoms with Crippen LogP contribution in [0.4, 0.5) is 0 Å². The van der Waals surface area contributed by atoms with Gasteiger partial charge in [0, 0.05) is 13.1 Å². The average molecular weight is 347 g/mol. The number of hydrogen-bond donors (Lipinski definition) is 3. The summed E-state index contributed by atoms with van der Waals surface area (Å²) < 4.78 is 0. The van der Waals surface area contributed by atoms with Crippen molar-refractivity contribution in [3.8, 4) is 0 Å². The molecule has 0 saturated heterocycles. The summed E-state index contributed by atoms with van der Waals surface area (Å²) in [5.74, 6) is 0. The fraction of sp³-hybridized carbons (Fsp3) is 0.857. The number of rotatable bonds is 10. The second kappa shape index (κ2) is 20.4. The average Bonchev–Trinajstić information content (AvgIpc) is 2.36. The summed E-state index contributed by atoms with van der Waals surface area (Å²) in [6, 6.07) is 0. The Hall–Kier alpha value is 0.380. The molecular formula is C14H31N2NaO2S2. The molecule has 0 saturated carbocycles. The standard InChI is InChI=1S/C13H27NOS.CH3NOS.Na.H/c1-3-5-7-9-11-14(13(15)16)12-10-8-6-4-2;2-1(3)4;;/h3-12H2,1-2H3,(H,15,16);(H3,2,3,4);;. The third-order valence-electron chi connectivity index (χ3n) is 2.83. The summed E-state index contributed by atoms with van der Waals surface area (Å²) in [5, 5.41) is 16.5. The molecule has 0 aliphatic rings. The van der Waals surface area contributed by atoms with Crippen molar-refractivity contribution < 1.29 is 10.2 Å². The molecule has 7 heteroatoms. The monoisotopic (exact) mass is 346 g/mol. The molecule has 0 aliphatic heterocycles. The summed E-state index contributed by atoms with van der Waals surface area (Å²) >= 11 is 8.72. The van der Waals surface area contributed by atoms with E-state index in [-0.39, 0.29) is 34.7 Å². The van der Waals surface area contributed by atoms with Crippen LogP contribution in [-0.4, -0.2) is 68.1 Å². The van der Waals surface area contributed by atoms with Gasteiger partial charge >= 0.3 is 29.6 Å². The molecule has 0 amide bonds. The van der Waals surface area contributed by atoms with E-state index in [9.17, 15) is 5.11 Å². The van der Waals surface area contributed by atoms with Crippen LogP contribution in [0, 0.1) is 0 Å². The van der Waals surface area contributed by atoms with E-state index < -0.39 is 5.17 Å². The molecule has 0 heterocycles. The third-order valence-corrected chi connectivity index (χ3v) is 3.09. The van der Waals surface area contributed by atoms with Crippen LogP contribution in [-0.2, 0) is 0 Å². The quantitative estimate of drug-likeness (QED) is 0.320. The van der Waals surface area contributed by atoms with Gasteiger partial charge in [-0.25, -0.2) is 0 Å². The van der Waals surface area contributed by atoms with Crippen molar-refractivity contribution in [2.24, 2.45) is 5.73 Å². The molecule has 0 radical (unpaired) electrons. The molecule has 0 aromatic rings. The van der Waals surface area contributed by atoms with E-state index in [0.717, 1.165) is 25.9 Å². The topological polar surface area (TPSA) is 69.7 Å². The van der Waals surface area contributed by atoms with Crippen LogP contribution in [0.15, 0.2) is 0 Å². The summed E-state index contributed by atoms with van der Waals surface area (Å²) in [7, 11) is 0. The van der Waals surface area contributed by atoms with Crippen LogP contribution in [0.25, 0.3) is 0 Å². The number of unbranched alkanes of at least 4 members (excludes halogenated alkanes) is 6. The Morgan fingerprint density at radius 3 is 1.43 bits per heavy atom. The van der Waals surface area contributed by atoms with Gasteiger partial charge < -0.3 is 20.8 Å². The van der Waals surface area contributed by atoms with Crippen LogP contribution in [0.1, 0.15) is 65.2 Å². The molecule has 4 N–H and O–H groups in total. The van der Waals surface area contributed by atoms with Gasteiger partial charge in [-0.1, -0.05) is 52.4 Å². The van der Waals surface area contributed by atoms with Crippen molar-refractivity contribution >= 4 is 64.3 Å². The molecule has 0 rings (SSSR count). The molecule has 0 aromatic heterocycles. The number of hydrogen-bond acceptors (Lipinski definition) is 2. The summed E-state index contributed by atoms with van der Waals surface area (Å²) in [6.07, 6.45) is 9.82. The number of aliphatic hydroxyl groups excluding tert-OH is 2. The first kappa shape index (κ1) is 26.3. The number of aliphatic hydroxyl groups is 2. The van der Waals surface area contributed by atoms with E-state index in [1.807, 2.05) is 4.90 Å². The number of nitrogens with zero attached hydrogens (tertiary/aromatic N) is 1. The Kier molecular flexibility index (Phi) is 25.5. The van der Waals surface area contributed by atoms with Gasteiger partial charge in [0.2, 0.25) is 0 Å². The Labute approximate surface area is 162 Å². The van der Waals surface area contributed by atoms with Crippen molar-refractivity contribution in [2.75, 3.05) is 13.1 Å². The van der Waals surface area contributed by atoms with E-state index >= 15 is 0 Å². The molecule has 0 atom stereocenters. The van der Waals surface area contributed by atoms with Gasteiger partial charge in [0.1, 0.15) is 0 Å². The predicted octanol–water partition coefficient (Wildman–Crippen LogP) is 3.43. The molecule has 122 valence electrons. The summed E-state index contributed by atoms with van der Waals surface area (Å²) in [4.78, 5) is 1.95. The normalized spacial score (nSPS) is 9.05. The molecular weight excluding hydrogens is 315 g/mol. The van der Waals surface area contributed by atoms with Crippen molar-refractivity contribution in [3.63, 3.8) is 0 Å². The third kappa shape index (κ3) is 25.7. The summed E-state index contributed by atoms with van der Waals surface area (Å²) in [5.41, 5.74) is 4.40. The molecule has 0 bridgehead atoms. The minimum atomic E-state index is -0.500. The zero-order valence-corrected chi connectivity index (χ0v) is 14.4. The van der Waals surface area contributed by atoms with Gasteiger partial charge in [0.25, 0.3) is 10.3 Å². The zero-order valence-electron chi connectivity index (χ0n) is 12.8. The Morgan fingerprint density at radius 1 is 0.857 bits per heavy atom. The van der Waals surface area contributed by atoms with Gasteiger partial charge in [0.05, 0.1) is 0 Å². The van der Waals surface area contributed by atoms with Gasteiger partial charge in [-0.2, -0.15) is 0 Å². The maximum absolute atomic E-state index is 9.38. The van der Waals surface area contributed by atoms with Gasteiger partial charge in [-0.15, -0.1) is 0 Å². The molecule has 21 heavy (non-hydrogen) atoms. The Morgan fingerprint density at radius 2 is 1.19 bits per heavy atom. The van der Waals surface area contributed by atoms with Crippen LogP contribution < -0.4 is 5.73 Å². The van der Waals surface area contributed by atoms with Crippen molar-refractivity contribution in [1.82, 2.24) is 4.90 Å². The van der Waals surface area contributed by atoms with E-state index in [0.29, 0.717) is 0 Å². The SMILES string of the molecule is CCCCCCN(CCCCCC)C(O)=S.NC(O)=S.[NaH]. The van der Waals surface area contributed by atoms with Gasteiger partial charge in [-0.3, -0.25) is 0 Å².